The summed E-state index contributed by atoms with van der Waals surface area (Å²) in [5.41, 5.74) is 6.69. The fourth-order valence-electron chi connectivity index (χ4n) is 2.88. The number of halogens is 2. The van der Waals surface area contributed by atoms with E-state index in [0.29, 0.717) is 17.0 Å². The fourth-order valence-corrected chi connectivity index (χ4v) is 2.88. The SMILES string of the molecule is CNn1c(Nc2c[nH]c3c(F)cc(F)cc23)nc2cc(C)ccc21. The lowest BCUT2D eigenvalue weighted by molar-refractivity contribution is 0.591. The number of hydrogen-bond donors (Lipinski definition) is 3. The molecule has 3 N–H and O–H groups in total. The molecule has 0 aliphatic carbocycles. The molecule has 0 aliphatic heterocycles. The molecule has 7 heteroatoms. The second-order valence-electron chi connectivity index (χ2n) is 5.62. The van der Waals surface area contributed by atoms with E-state index in [1.165, 1.54) is 6.07 Å². The third-order valence-electron chi connectivity index (χ3n) is 3.99. The van der Waals surface area contributed by atoms with Gasteiger partial charge in [-0.1, -0.05) is 6.07 Å². The number of nitrogens with one attached hydrogen (secondary N) is 3. The van der Waals surface area contributed by atoms with Crippen LogP contribution in [-0.2, 0) is 0 Å². The van der Waals surface area contributed by atoms with Crippen LogP contribution in [0.25, 0.3) is 21.9 Å². The Balaban J connectivity index is 1.85. The maximum Gasteiger partial charge on any atom is 0.227 e. The quantitative estimate of drug-likeness (QED) is 0.533. The predicted molar refractivity (Wildman–Crippen MR) is 91.3 cm³/mol. The molecule has 0 spiro atoms. The van der Waals surface area contributed by atoms with Gasteiger partial charge in [-0.25, -0.2) is 18.4 Å². The lowest BCUT2D eigenvalue weighted by atomic mass is 10.2. The Morgan fingerprint density at radius 2 is 2.00 bits per heavy atom. The minimum atomic E-state index is -0.629. The minimum absolute atomic E-state index is 0.252. The Kier molecular flexibility index (Phi) is 3.16. The highest BCUT2D eigenvalue weighted by atomic mass is 19.1. The van der Waals surface area contributed by atoms with Gasteiger partial charge >= 0.3 is 0 Å². The maximum atomic E-state index is 13.8. The maximum absolute atomic E-state index is 13.8. The summed E-state index contributed by atoms with van der Waals surface area (Å²) >= 11 is 0. The molecule has 4 aromatic rings. The number of hydrogen-bond acceptors (Lipinski definition) is 3. The monoisotopic (exact) mass is 327 g/mol. The second kappa shape index (κ2) is 5.23. The molecule has 0 aliphatic rings. The zero-order valence-electron chi connectivity index (χ0n) is 13.1. The molecule has 2 aromatic carbocycles. The highest BCUT2D eigenvalue weighted by molar-refractivity contribution is 5.94. The largest absolute Gasteiger partial charge is 0.357 e. The van der Waals surface area contributed by atoms with Gasteiger partial charge in [-0.05, 0) is 30.7 Å². The van der Waals surface area contributed by atoms with E-state index in [9.17, 15) is 8.78 Å². The molecular weight excluding hydrogens is 312 g/mol. The van der Waals surface area contributed by atoms with Crippen molar-refractivity contribution < 1.29 is 8.78 Å². The second-order valence-corrected chi connectivity index (χ2v) is 5.62. The first-order valence-electron chi connectivity index (χ1n) is 7.47. The molecule has 0 radical (unpaired) electrons. The van der Waals surface area contributed by atoms with Gasteiger partial charge in [0.1, 0.15) is 11.6 Å². The van der Waals surface area contributed by atoms with Crippen molar-refractivity contribution in [1.82, 2.24) is 14.6 Å². The van der Waals surface area contributed by atoms with Gasteiger partial charge in [-0.2, -0.15) is 0 Å². The van der Waals surface area contributed by atoms with E-state index in [2.05, 4.69) is 20.7 Å². The summed E-state index contributed by atoms with van der Waals surface area (Å²) in [5.74, 6) is -0.722. The van der Waals surface area contributed by atoms with Crippen LogP contribution in [0.4, 0.5) is 20.4 Å². The van der Waals surface area contributed by atoms with Crippen LogP contribution < -0.4 is 10.7 Å². The minimum Gasteiger partial charge on any atom is -0.357 e. The van der Waals surface area contributed by atoms with Crippen LogP contribution in [-0.4, -0.2) is 21.7 Å². The number of H-pyrrole nitrogens is 1. The van der Waals surface area contributed by atoms with Gasteiger partial charge in [-0.3, -0.25) is 0 Å². The average Bonchev–Trinajstić information content (AvgIpc) is 3.08. The molecule has 0 saturated carbocycles. The zero-order chi connectivity index (χ0) is 16.8. The van der Waals surface area contributed by atoms with E-state index in [4.69, 9.17) is 0 Å². The molecule has 5 nitrogen and oxygen atoms in total. The molecule has 24 heavy (non-hydrogen) atoms. The van der Waals surface area contributed by atoms with Gasteiger partial charge in [0.05, 0.1) is 22.2 Å². The topological polar surface area (TPSA) is 57.7 Å². The summed E-state index contributed by atoms with van der Waals surface area (Å²) < 4.78 is 29.1. The first kappa shape index (κ1) is 14.5. The number of anilines is 2. The van der Waals surface area contributed by atoms with Crippen molar-refractivity contribution in [2.75, 3.05) is 17.8 Å². The molecule has 0 saturated heterocycles. The molecule has 0 fully saturated rings. The first-order chi connectivity index (χ1) is 11.6. The van der Waals surface area contributed by atoms with Crippen LogP contribution >= 0.6 is 0 Å². The molecule has 0 unspecified atom stereocenters. The number of imidazole rings is 1. The van der Waals surface area contributed by atoms with Crippen molar-refractivity contribution >= 4 is 33.6 Å². The summed E-state index contributed by atoms with van der Waals surface area (Å²) in [6, 6.07) is 8.08. The van der Waals surface area contributed by atoms with E-state index in [1.54, 1.807) is 17.9 Å². The number of aryl methyl sites for hydroxylation is 1. The highest BCUT2D eigenvalue weighted by Gasteiger charge is 2.14. The number of aromatic amines is 1. The van der Waals surface area contributed by atoms with Gasteiger partial charge < -0.3 is 15.7 Å². The Hall–Kier alpha value is -3.09. The number of fused-ring (bicyclic) bond motifs is 2. The Morgan fingerprint density at radius 1 is 1.17 bits per heavy atom. The van der Waals surface area contributed by atoms with Crippen LogP contribution in [0.15, 0.2) is 36.5 Å². The first-order valence-corrected chi connectivity index (χ1v) is 7.47. The van der Waals surface area contributed by atoms with Crippen LogP contribution in [0.1, 0.15) is 5.56 Å². The Morgan fingerprint density at radius 3 is 2.79 bits per heavy atom. The van der Waals surface area contributed by atoms with Gasteiger partial charge in [0, 0.05) is 24.7 Å². The number of benzene rings is 2. The van der Waals surface area contributed by atoms with Crippen molar-refractivity contribution in [3.05, 3.63) is 53.7 Å². The van der Waals surface area contributed by atoms with Gasteiger partial charge in [0.15, 0.2) is 0 Å². The Bertz CT molecular complexity index is 1060. The molecule has 0 bridgehead atoms. The predicted octanol–water partition coefficient (Wildman–Crippen LogP) is 4.02. The summed E-state index contributed by atoms with van der Waals surface area (Å²) in [6.07, 6.45) is 1.60. The molecular formula is C17H15F2N5. The van der Waals surface area contributed by atoms with E-state index in [-0.39, 0.29) is 5.52 Å². The van der Waals surface area contributed by atoms with Gasteiger partial charge in [0.2, 0.25) is 5.95 Å². The number of nitrogens with zero attached hydrogens (tertiary/aromatic N) is 2. The molecule has 4 rings (SSSR count). The lowest BCUT2D eigenvalue weighted by Gasteiger charge is -2.09. The standard InChI is InChI=1S/C17H15F2N5/c1-9-3-4-15-13(5-9)22-17(24(15)20-2)23-14-8-21-16-11(14)6-10(18)7-12(16)19/h3-8,20-21H,1-2H3,(H,22,23). The lowest BCUT2D eigenvalue weighted by Crippen LogP contribution is -2.11. The van der Waals surface area contributed by atoms with Crippen LogP contribution in [0.3, 0.4) is 0 Å². The third-order valence-corrected chi connectivity index (χ3v) is 3.99. The number of aromatic nitrogens is 3. The number of rotatable bonds is 3. The zero-order valence-corrected chi connectivity index (χ0v) is 13.1. The van der Waals surface area contributed by atoms with Crippen LogP contribution in [0.5, 0.6) is 0 Å². The summed E-state index contributed by atoms with van der Waals surface area (Å²) in [6.45, 7) is 2.00. The van der Waals surface area contributed by atoms with Gasteiger partial charge in [-0.15, -0.1) is 0 Å². The molecule has 2 heterocycles. The van der Waals surface area contributed by atoms with Crippen molar-refractivity contribution in [2.24, 2.45) is 0 Å². The molecule has 0 amide bonds. The van der Waals surface area contributed by atoms with Crippen molar-refractivity contribution in [2.45, 2.75) is 6.92 Å². The summed E-state index contributed by atoms with van der Waals surface area (Å²) in [4.78, 5) is 7.38. The third kappa shape index (κ3) is 2.17. The molecule has 2 aromatic heterocycles. The summed E-state index contributed by atoms with van der Waals surface area (Å²) in [7, 11) is 1.78. The fraction of sp³-hybridized carbons (Fsp3) is 0.118. The highest BCUT2D eigenvalue weighted by Crippen LogP contribution is 2.29. The van der Waals surface area contributed by atoms with Crippen LogP contribution in [0, 0.1) is 18.6 Å². The smallest absolute Gasteiger partial charge is 0.227 e. The summed E-state index contributed by atoms with van der Waals surface area (Å²) in [5, 5.41) is 3.56. The normalized spacial score (nSPS) is 11.3. The van der Waals surface area contributed by atoms with E-state index < -0.39 is 11.6 Å². The van der Waals surface area contributed by atoms with Gasteiger partial charge in [0.25, 0.3) is 0 Å². The van der Waals surface area contributed by atoms with E-state index >= 15 is 0 Å². The molecule has 122 valence electrons. The van der Waals surface area contributed by atoms with Crippen molar-refractivity contribution in [3.8, 4) is 0 Å². The van der Waals surface area contributed by atoms with Crippen molar-refractivity contribution in [3.63, 3.8) is 0 Å². The molecule has 0 atom stereocenters. The van der Waals surface area contributed by atoms with Crippen LogP contribution in [0.2, 0.25) is 0 Å². The van der Waals surface area contributed by atoms with Crippen molar-refractivity contribution in [1.29, 1.82) is 0 Å². The Labute approximate surface area is 136 Å². The van der Waals surface area contributed by atoms with E-state index in [1.807, 2.05) is 25.1 Å². The van der Waals surface area contributed by atoms with E-state index in [0.717, 1.165) is 22.7 Å². The average molecular weight is 327 g/mol.